The van der Waals surface area contributed by atoms with Crippen molar-refractivity contribution < 1.29 is 0 Å². The summed E-state index contributed by atoms with van der Waals surface area (Å²) in [6, 6.07) is 13.9. The molecule has 0 aliphatic rings. The molecule has 0 spiro atoms. The van der Waals surface area contributed by atoms with E-state index < -0.39 is 0 Å². The summed E-state index contributed by atoms with van der Waals surface area (Å²) in [6.07, 6.45) is 0. The fourth-order valence-electron chi connectivity index (χ4n) is 2.12. The Morgan fingerprint density at radius 1 is 1.10 bits per heavy atom. The summed E-state index contributed by atoms with van der Waals surface area (Å²) < 4.78 is 0. The van der Waals surface area contributed by atoms with E-state index in [1.165, 1.54) is 0 Å². The van der Waals surface area contributed by atoms with Crippen molar-refractivity contribution in [1.29, 1.82) is 0 Å². The Kier molecular flexibility index (Phi) is 4.62. The molecule has 0 atom stereocenters. The maximum atomic E-state index is 6.01. The van der Waals surface area contributed by atoms with Gasteiger partial charge in [-0.3, -0.25) is 5.14 Å². The first-order valence-corrected chi connectivity index (χ1v) is 6.92. The maximum absolute atomic E-state index is 6.01. The van der Waals surface area contributed by atoms with Crippen molar-refractivity contribution in [2.75, 3.05) is 0 Å². The second kappa shape index (κ2) is 6.42. The van der Waals surface area contributed by atoms with Crippen molar-refractivity contribution in [1.82, 2.24) is 5.53 Å². The molecule has 0 saturated heterocycles. The van der Waals surface area contributed by atoms with Crippen molar-refractivity contribution >= 4 is 17.8 Å². The van der Waals surface area contributed by atoms with E-state index in [1.54, 1.807) is 0 Å². The quantitative estimate of drug-likeness (QED) is 0.225. The van der Waals surface area contributed by atoms with Crippen LogP contribution in [0.15, 0.2) is 52.5 Å². The Labute approximate surface area is 122 Å². The molecule has 0 fully saturated rings. The molecule has 2 aromatic carbocycles. The second-order valence-electron chi connectivity index (χ2n) is 4.24. The van der Waals surface area contributed by atoms with E-state index in [0.717, 1.165) is 39.1 Å². The topological polar surface area (TPSA) is 102 Å². The fraction of sp³-hybridized carbons (Fsp3) is 0.0714. The Bertz CT molecular complexity index is 639. The molecule has 0 saturated carbocycles. The lowest BCUT2D eigenvalue weighted by Crippen LogP contribution is -2.24. The number of hydrogen-bond acceptors (Lipinski definition) is 5. The number of hydrazone groups is 1. The van der Waals surface area contributed by atoms with E-state index in [0.29, 0.717) is 5.84 Å². The Balaban J connectivity index is 2.71. The number of benzene rings is 2. The zero-order chi connectivity index (χ0) is 14.5. The molecule has 5 nitrogen and oxygen atoms in total. The molecular weight excluding hydrogens is 270 g/mol. The van der Waals surface area contributed by atoms with Crippen LogP contribution >= 0.6 is 11.9 Å². The SMILES string of the molecule is Cc1ccccc1-c1cccc(SN)c1/C(N)=N/NN. The van der Waals surface area contributed by atoms with Crippen LogP contribution in [0.5, 0.6) is 0 Å². The van der Waals surface area contributed by atoms with Crippen molar-refractivity contribution in [3.63, 3.8) is 0 Å². The Morgan fingerprint density at radius 3 is 2.45 bits per heavy atom. The molecule has 0 bridgehead atoms. The number of rotatable bonds is 4. The number of nitrogens with two attached hydrogens (primary N) is 3. The first-order valence-electron chi connectivity index (χ1n) is 6.04. The van der Waals surface area contributed by atoms with Crippen LogP contribution in [-0.2, 0) is 0 Å². The highest BCUT2D eigenvalue weighted by Crippen LogP contribution is 2.31. The molecular formula is C14H17N5S. The van der Waals surface area contributed by atoms with Crippen molar-refractivity contribution in [3.05, 3.63) is 53.6 Å². The molecule has 104 valence electrons. The third kappa shape index (κ3) is 2.77. The first kappa shape index (κ1) is 14.4. The van der Waals surface area contributed by atoms with E-state index >= 15 is 0 Å². The van der Waals surface area contributed by atoms with Gasteiger partial charge in [-0.2, -0.15) is 0 Å². The molecule has 0 aromatic heterocycles. The molecule has 0 radical (unpaired) electrons. The smallest absolute Gasteiger partial charge is 0.153 e. The summed E-state index contributed by atoms with van der Waals surface area (Å²) in [6.45, 7) is 2.05. The minimum absolute atomic E-state index is 0.305. The summed E-state index contributed by atoms with van der Waals surface area (Å²) in [7, 11) is 0. The third-order valence-corrected chi connectivity index (χ3v) is 3.62. The number of nitrogens with zero attached hydrogens (tertiary/aromatic N) is 1. The largest absolute Gasteiger partial charge is 0.382 e. The highest BCUT2D eigenvalue weighted by molar-refractivity contribution is 7.97. The summed E-state index contributed by atoms with van der Waals surface area (Å²) in [5.74, 6) is 5.53. The predicted octanol–water partition coefficient (Wildman–Crippen LogP) is 1.71. The van der Waals surface area contributed by atoms with Gasteiger partial charge < -0.3 is 5.73 Å². The van der Waals surface area contributed by atoms with Gasteiger partial charge in [0.1, 0.15) is 0 Å². The molecule has 7 N–H and O–H groups in total. The zero-order valence-corrected chi connectivity index (χ0v) is 11.9. The lowest BCUT2D eigenvalue weighted by atomic mass is 9.95. The lowest BCUT2D eigenvalue weighted by molar-refractivity contribution is 0.803. The van der Waals surface area contributed by atoms with E-state index in [-0.39, 0.29) is 0 Å². The molecule has 20 heavy (non-hydrogen) atoms. The van der Waals surface area contributed by atoms with Gasteiger partial charge in [-0.25, -0.2) is 11.4 Å². The van der Waals surface area contributed by atoms with Crippen molar-refractivity contribution in [2.24, 2.45) is 21.8 Å². The highest BCUT2D eigenvalue weighted by atomic mass is 32.2. The van der Waals surface area contributed by atoms with E-state index in [1.807, 2.05) is 36.4 Å². The maximum Gasteiger partial charge on any atom is 0.153 e. The standard InChI is InChI=1S/C14H17N5S/c1-9-5-2-3-6-10(9)11-7-4-8-12(20-17)13(11)14(15)18-19-16/h2-8,19H,16-17H2,1H3,(H2,15,18). The van der Waals surface area contributed by atoms with Crippen LogP contribution in [0, 0.1) is 6.92 Å². The van der Waals surface area contributed by atoms with Gasteiger partial charge in [-0.1, -0.05) is 36.4 Å². The van der Waals surface area contributed by atoms with Crippen molar-refractivity contribution in [2.45, 2.75) is 11.8 Å². The van der Waals surface area contributed by atoms with Gasteiger partial charge in [0.25, 0.3) is 0 Å². The van der Waals surface area contributed by atoms with Crippen molar-refractivity contribution in [3.8, 4) is 11.1 Å². The van der Waals surface area contributed by atoms with Crippen LogP contribution in [0.4, 0.5) is 0 Å². The van der Waals surface area contributed by atoms with Crippen LogP contribution < -0.4 is 22.3 Å². The Morgan fingerprint density at radius 2 is 1.80 bits per heavy atom. The van der Waals surface area contributed by atoms with Crippen LogP contribution in [0.3, 0.4) is 0 Å². The Hall–Kier alpha value is -2.02. The van der Waals surface area contributed by atoms with Crippen LogP contribution in [0.2, 0.25) is 0 Å². The van der Waals surface area contributed by atoms with E-state index in [4.69, 9.17) is 16.7 Å². The predicted molar refractivity (Wildman–Crippen MR) is 84.7 cm³/mol. The van der Waals surface area contributed by atoms with Gasteiger partial charge in [0.15, 0.2) is 5.84 Å². The molecule has 0 amide bonds. The number of hydrazine groups is 1. The summed E-state index contributed by atoms with van der Waals surface area (Å²) in [5, 5.41) is 9.60. The molecule has 2 aromatic rings. The normalized spacial score (nSPS) is 11.4. The van der Waals surface area contributed by atoms with Gasteiger partial charge in [0, 0.05) is 10.5 Å². The van der Waals surface area contributed by atoms with Crippen LogP contribution in [0.25, 0.3) is 11.1 Å². The summed E-state index contributed by atoms with van der Waals surface area (Å²) in [4.78, 5) is 0.849. The van der Waals surface area contributed by atoms with E-state index in [2.05, 4.69) is 23.6 Å². The average molecular weight is 287 g/mol. The van der Waals surface area contributed by atoms with Gasteiger partial charge >= 0.3 is 0 Å². The van der Waals surface area contributed by atoms with Gasteiger partial charge in [-0.15, -0.1) is 5.10 Å². The fourth-order valence-corrected chi connectivity index (χ4v) is 2.61. The molecule has 0 aliphatic carbocycles. The summed E-state index contributed by atoms with van der Waals surface area (Å²) >= 11 is 1.13. The third-order valence-electron chi connectivity index (χ3n) is 3.03. The number of aryl methyl sites for hydroxylation is 1. The minimum Gasteiger partial charge on any atom is -0.382 e. The first-order chi connectivity index (χ1) is 9.69. The molecule has 2 rings (SSSR count). The second-order valence-corrected chi connectivity index (χ2v) is 4.91. The van der Waals surface area contributed by atoms with Gasteiger partial charge in [0.2, 0.25) is 0 Å². The number of amidine groups is 1. The average Bonchev–Trinajstić information content (AvgIpc) is 2.47. The molecule has 0 unspecified atom stereocenters. The van der Waals surface area contributed by atoms with Gasteiger partial charge in [0.05, 0.1) is 0 Å². The monoisotopic (exact) mass is 287 g/mol. The lowest BCUT2D eigenvalue weighted by Gasteiger charge is -2.14. The van der Waals surface area contributed by atoms with Crippen LogP contribution in [0.1, 0.15) is 11.1 Å². The molecule has 6 heteroatoms. The van der Waals surface area contributed by atoms with Crippen LogP contribution in [-0.4, -0.2) is 5.84 Å². The molecule has 0 heterocycles. The summed E-state index contributed by atoms with van der Waals surface area (Å²) in [5.41, 5.74) is 12.2. The minimum atomic E-state index is 0.305. The van der Waals surface area contributed by atoms with Gasteiger partial charge in [-0.05, 0) is 41.6 Å². The van der Waals surface area contributed by atoms with E-state index in [9.17, 15) is 0 Å². The zero-order valence-electron chi connectivity index (χ0n) is 11.1. The highest BCUT2D eigenvalue weighted by Gasteiger charge is 2.14. The molecule has 0 aliphatic heterocycles. The number of nitrogens with one attached hydrogen (secondary N) is 1. The number of hydrogen-bond donors (Lipinski definition) is 4.